The van der Waals surface area contributed by atoms with E-state index in [1.165, 1.54) is 18.3 Å². The van der Waals surface area contributed by atoms with Gasteiger partial charge in [-0.3, -0.25) is 19.7 Å². The number of nitrogens with zero attached hydrogens (tertiary/aromatic N) is 2. The van der Waals surface area contributed by atoms with E-state index in [0.717, 1.165) is 6.54 Å². The Hall–Kier alpha value is -3.97. The molecule has 12 nitrogen and oxygen atoms in total. The maximum Gasteiger partial charge on any atom is 0.326 e. The van der Waals surface area contributed by atoms with Gasteiger partial charge in [-0.1, -0.05) is 24.3 Å². The summed E-state index contributed by atoms with van der Waals surface area (Å²) < 4.78 is 33.4. The number of hydrogen-bond donors (Lipinski definition) is 5. The number of guanidine groups is 1. The predicted molar refractivity (Wildman–Crippen MR) is 133 cm³/mol. The lowest BCUT2D eigenvalue weighted by atomic mass is 10.1. The van der Waals surface area contributed by atoms with Gasteiger partial charge in [0.05, 0.1) is 35.3 Å². The molecule has 1 amide bonds. The van der Waals surface area contributed by atoms with Crippen LogP contribution in [0.1, 0.15) is 16.8 Å². The molecule has 1 aliphatic heterocycles. The van der Waals surface area contributed by atoms with Crippen LogP contribution in [-0.2, 0) is 19.6 Å². The molecular formula is C23H27N7O5S. The van der Waals surface area contributed by atoms with Crippen molar-refractivity contribution in [3.8, 4) is 0 Å². The van der Waals surface area contributed by atoms with Crippen molar-refractivity contribution in [2.75, 3.05) is 32.8 Å². The maximum absolute atomic E-state index is 12.9. The topological polar surface area (TPSA) is 167 Å². The molecule has 2 heterocycles. The van der Waals surface area contributed by atoms with Gasteiger partial charge in [0.1, 0.15) is 6.04 Å². The van der Waals surface area contributed by atoms with Gasteiger partial charge in [-0.2, -0.15) is 9.82 Å². The molecule has 0 spiro atoms. The Labute approximate surface area is 208 Å². The Balaban J connectivity index is 1.39. The highest BCUT2D eigenvalue weighted by molar-refractivity contribution is 7.89. The van der Waals surface area contributed by atoms with E-state index in [9.17, 15) is 18.0 Å². The first kappa shape index (κ1) is 25.1. The SMILES string of the molecule is O=C(NCC(NS(=O)(=O)c1ccccc1)C(=O)OCCCNC1=NCCN1)c1cccc2[nH]ncc12. The number of ether oxygens (including phenoxy) is 1. The van der Waals surface area contributed by atoms with E-state index in [1.807, 2.05) is 0 Å². The van der Waals surface area contributed by atoms with Crippen molar-refractivity contribution in [2.24, 2.45) is 4.99 Å². The summed E-state index contributed by atoms with van der Waals surface area (Å²) in [6.07, 6.45) is 2.01. The average molecular weight is 514 g/mol. The van der Waals surface area contributed by atoms with Gasteiger partial charge in [0, 0.05) is 25.0 Å². The van der Waals surface area contributed by atoms with Gasteiger partial charge in [0.2, 0.25) is 10.0 Å². The Morgan fingerprint density at radius 2 is 1.94 bits per heavy atom. The van der Waals surface area contributed by atoms with Crippen LogP contribution in [0.5, 0.6) is 0 Å². The summed E-state index contributed by atoms with van der Waals surface area (Å²) in [7, 11) is -4.04. The third-order valence-electron chi connectivity index (χ3n) is 5.36. The zero-order valence-electron chi connectivity index (χ0n) is 19.4. The zero-order chi connectivity index (χ0) is 25.4. The third-order valence-corrected chi connectivity index (χ3v) is 6.85. The fourth-order valence-corrected chi connectivity index (χ4v) is 4.76. The molecule has 0 saturated heterocycles. The number of amides is 1. The van der Waals surface area contributed by atoms with E-state index >= 15 is 0 Å². The number of esters is 1. The number of nitrogens with one attached hydrogen (secondary N) is 5. The number of sulfonamides is 1. The van der Waals surface area contributed by atoms with Crippen molar-refractivity contribution >= 4 is 38.8 Å². The van der Waals surface area contributed by atoms with Gasteiger partial charge in [-0.15, -0.1) is 0 Å². The third kappa shape index (κ3) is 6.37. The van der Waals surface area contributed by atoms with Crippen LogP contribution in [0.4, 0.5) is 0 Å². The van der Waals surface area contributed by atoms with E-state index in [-0.39, 0.29) is 18.0 Å². The second kappa shape index (κ2) is 11.6. The number of hydrogen-bond acceptors (Lipinski definition) is 9. The fourth-order valence-electron chi connectivity index (χ4n) is 3.55. The number of rotatable bonds is 11. The van der Waals surface area contributed by atoms with Gasteiger partial charge in [0.15, 0.2) is 5.96 Å². The molecule has 4 rings (SSSR count). The van der Waals surface area contributed by atoms with Crippen LogP contribution in [0.3, 0.4) is 0 Å². The quantitative estimate of drug-likeness (QED) is 0.178. The van der Waals surface area contributed by atoms with E-state index in [0.29, 0.717) is 41.9 Å². The molecule has 0 aliphatic carbocycles. The lowest BCUT2D eigenvalue weighted by molar-refractivity contribution is -0.145. The average Bonchev–Trinajstić information content (AvgIpc) is 3.58. The van der Waals surface area contributed by atoms with Gasteiger partial charge in [-0.25, -0.2) is 8.42 Å². The Morgan fingerprint density at radius 1 is 1.11 bits per heavy atom. The summed E-state index contributed by atoms with van der Waals surface area (Å²) in [5.41, 5.74) is 1.02. The highest BCUT2D eigenvalue weighted by Gasteiger charge is 2.28. The summed E-state index contributed by atoms with van der Waals surface area (Å²) in [5.74, 6) is -0.578. The van der Waals surface area contributed by atoms with Gasteiger partial charge in [-0.05, 0) is 30.7 Å². The number of aromatic amines is 1. The molecule has 13 heteroatoms. The van der Waals surface area contributed by atoms with Crippen LogP contribution < -0.4 is 20.7 Å². The second-order valence-electron chi connectivity index (χ2n) is 7.94. The number of benzene rings is 2. The van der Waals surface area contributed by atoms with Gasteiger partial charge in [0.25, 0.3) is 5.91 Å². The molecule has 0 radical (unpaired) electrons. The molecule has 1 atom stereocenters. The Kier molecular flexibility index (Phi) is 8.13. The van der Waals surface area contributed by atoms with Crippen molar-refractivity contribution in [2.45, 2.75) is 17.4 Å². The number of aromatic nitrogens is 2. The second-order valence-corrected chi connectivity index (χ2v) is 9.65. The summed E-state index contributed by atoms with van der Waals surface area (Å²) in [4.78, 5) is 29.9. The minimum absolute atomic E-state index is 0.00803. The minimum Gasteiger partial charge on any atom is -0.464 e. The van der Waals surface area contributed by atoms with Crippen LogP contribution in [0.25, 0.3) is 10.9 Å². The van der Waals surface area contributed by atoms with Crippen molar-refractivity contribution in [3.05, 3.63) is 60.3 Å². The molecular weight excluding hydrogens is 486 g/mol. The van der Waals surface area contributed by atoms with E-state index < -0.39 is 27.9 Å². The Morgan fingerprint density at radius 3 is 2.72 bits per heavy atom. The van der Waals surface area contributed by atoms with Crippen LogP contribution >= 0.6 is 0 Å². The van der Waals surface area contributed by atoms with Crippen molar-refractivity contribution < 1.29 is 22.7 Å². The molecule has 0 bridgehead atoms. The lowest BCUT2D eigenvalue weighted by Crippen LogP contribution is -2.49. The highest BCUT2D eigenvalue weighted by atomic mass is 32.2. The smallest absolute Gasteiger partial charge is 0.326 e. The molecule has 5 N–H and O–H groups in total. The largest absolute Gasteiger partial charge is 0.464 e. The van der Waals surface area contributed by atoms with Crippen molar-refractivity contribution in [1.29, 1.82) is 0 Å². The van der Waals surface area contributed by atoms with E-state index in [4.69, 9.17) is 4.74 Å². The molecule has 1 unspecified atom stereocenters. The van der Waals surface area contributed by atoms with Crippen LogP contribution in [0.15, 0.2) is 64.6 Å². The summed E-state index contributed by atoms with van der Waals surface area (Å²) in [6, 6.07) is 11.4. The first-order valence-electron chi connectivity index (χ1n) is 11.4. The summed E-state index contributed by atoms with van der Waals surface area (Å²) >= 11 is 0. The van der Waals surface area contributed by atoms with Crippen LogP contribution in [0.2, 0.25) is 0 Å². The van der Waals surface area contributed by atoms with Crippen molar-refractivity contribution in [1.82, 2.24) is 30.9 Å². The number of fused-ring (bicyclic) bond motifs is 1. The zero-order valence-corrected chi connectivity index (χ0v) is 20.2. The number of carbonyl (C=O) groups excluding carboxylic acids is 2. The number of aliphatic imine (C=N–C) groups is 1. The van der Waals surface area contributed by atoms with Gasteiger partial charge >= 0.3 is 5.97 Å². The molecule has 190 valence electrons. The minimum atomic E-state index is -4.04. The monoisotopic (exact) mass is 513 g/mol. The van der Waals surface area contributed by atoms with Crippen molar-refractivity contribution in [3.63, 3.8) is 0 Å². The first-order chi connectivity index (χ1) is 17.4. The molecule has 1 aromatic heterocycles. The fraction of sp³-hybridized carbons (Fsp3) is 0.304. The molecule has 1 aliphatic rings. The van der Waals surface area contributed by atoms with Gasteiger partial charge < -0.3 is 20.7 Å². The van der Waals surface area contributed by atoms with E-state index in [1.54, 1.807) is 36.4 Å². The number of H-pyrrole nitrogens is 1. The molecule has 0 fully saturated rings. The van der Waals surface area contributed by atoms with Crippen LogP contribution in [-0.4, -0.2) is 75.3 Å². The first-order valence-corrected chi connectivity index (χ1v) is 12.9. The molecule has 36 heavy (non-hydrogen) atoms. The molecule has 3 aromatic rings. The number of carbonyl (C=O) groups is 2. The molecule has 0 saturated carbocycles. The highest BCUT2D eigenvalue weighted by Crippen LogP contribution is 2.16. The Bertz CT molecular complexity index is 1340. The predicted octanol–water partition coefficient (Wildman–Crippen LogP) is 0.122. The summed E-state index contributed by atoms with van der Waals surface area (Å²) in [5, 5.41) is 16.1. The normalized spacial score (nSPS) is 14.1. The van der Waals surface area contributed by atoms with E-state index in [2.05, 4.69) is 35.9 Å². The maximum atomic E-state index is 12.9. The van der Waals surface area contributed by atoms with Crippen LogP contribution in [0, 0.1) is 0 Å². The summed E-state index contributed by atoms with van der Waals surface area (Å²) in [6.45, 7) is 1.76. The molecule has 2 aromatic carbocycles. The lowest BCUT2D eigenvalue weighted by Gasteiger charge is -2.19. The standard InChI is InChI=1S/C23H27N7O5S/c31-21(17-8-4-9-19-18(17)14-28-29-19)27-15-20(30-36(33,34)16-6-2-1-3-7-16)22(32)35-13-5-10-24-23-25-11-12-26-23/h1-4,6-9,14,20,30H,5,10-13,15H2,(H,27,31)(H,28,29)(H2,24,25,26).